The van der Waals surface area contributed by atoms with Gasteiger partial charge in [-0.1, -0.05) is 30.3 Å². The van der Waals surface area contributed by atoms with E-state index in [0.29, 0.717) is 6.54 Å². The van der Waals surface area contributed by atoms with Crippen LogP contribution in [-0.2, 0) is 9.59 Å². The molecule has 2 heterocycles. The number of nitrogens with one attached hydrogen (secondary N) is 2. The van der Waals surface area contributed by atoms with E-state index >= 15 is 0 Å². The van der Waals surface area contributed by atoms with Gasteiger partial charge in [-0.05, 0) is 34.5 Å². The lowest BCUT2D eigenvalue weighted by molar-refractivity contribution is -0.130. The molecule has 0 aliphatic carbocycles. The summed E-state index contributed by atoms with van der Waals surface area (Å²) in [6.45, 7) is 0.398. The SMILES string of the molecule is O=C1NC[C@H](c2csc3ccccc23)[C@H]1C(=O)Nc1ccccc1F. The Morgan fingerprint density at radius 3 is 2.76 bits per heavy atom. The Hall–Kier alpha value is -2.73. The molecule has 1 saturated heterocycles. The summed E-state index contributed by atoms with van der Waals surface area (Å²) in [6.07, 6.45) is 0. The number of anilines is 1. The number of benzene rings is 2. The third-order valence-electron chi connectivity index (χ3n) is 4.51. The summed E-state index contributed by atoms with van der Waals surface area (Å²) in [5, 5.41) is 8.37. The van der Waals surface area contributed by atoms with Crippen molar-refractivity contribution >= 4 is 38.9 Å². The van der Waals surface area contributed by atoms with Gasteiger partial charge in [-0.25, -0.2) is 4.39 Å². The summed E-state index contributed by atoms with van der Waals surface area (Å²) >= 11 is 1.59. The van der Waals surface area contributed by atoms with E-state index < -0.39 is 17.6 Å². The van der Waals surface area contributed by atoms with Crippen LogP contribution in [0.3, 0.4) is 0 Å². The van der Waals surface area contributed by atoms with Crippen LogP contribution >= 0.6 is 11.3 Å². The van der Waals surface area contributed by atoms with Gasteiger partial charge < -0.3 is 10.6 Å². The number of fused-ring (bicyclic) bond motifs is 1. The van der Waals surface area contributed by atoms with Crippen molar-refractivity contribution in [3.05, 3.63) is 65.3 Å². The number of rotatable bonds is 3. The lowest BCUT2D eigenvalue weighted by Crippen LogP contribution is -2.32. The summed E-state index contributed by atoms with van der Waals surface area (Å²) in [5.41, 5.74) is 1.06. The Morgan fingerprint density at radius 2 is 1.92 bits per heavy atom. The normalized spacial score (nSPS) is 19.8. The summed E-state index contributed by atoms with van der Waals surface area (Å²) in [6, 6.07) is 13.9. The number of carbonyl (C=O) groups is 2. The van der Waals surface area contributed by atoms with Crippen molar-refractivity contribution in [2.75, 3.05) is 11.9 Å². The molecule has 126 valence electrons. The molecule has 1 aromatic heterocycles. The van der Waals surface area contributed by atoms with Crippen LogP contribution in [0, 0.1) is 11.7 Å². The Morgan fingerprint density at radius 1 is 1.16 bits per heavy atom. The standard InChI is InChI=1S/C19H15FN2O2S/c20-14-6-2-3-7-15(14)22-19(24)17-12(9-21-18(17)23)13-10-25-16-8-4-1-5-11(13)16/h1-8,10,12,17H,9H2,(H,21,23)(H,22,24)/t12-,17-/m1/s1. The van der Waals surface area contributed by atoms with Crippen molar-refractivity contribution in [1.29, 1.82) is 0 Å². The van der Waals surface area contributed by atoms with Crippen LogP contribution in [0.25, 0.3) is 10.1 Å². The van der Waals surface area contributed by atoms with Crippen LogP contribution < -0.4 is 10.6 Å². The third kappa shape index (κ3) is 2.78. The first-order valence-corrected chi connectivity index (χ1v) is 8.82. The van der Waals surface area contributed by atoms with Gasteiger partial charge in [0.25, 0.3) is 0 Å². The third-order valence-corrected chi connectivity index (χ3v) is 5.49. The topological polar surface area (TPSA) is 58.2 Å². The molecule has 1 aliphatic heterocycles. The quantitative estimate of drug-likeness (QED) is 0.707. The maximum Gasteiger partial charge on any atom is 0.237 e. The summed E-state index contributed by atoms with van der Waals surface area (Å²) in [4.78, 5) is 25.0. The number of thiophene rings is 1. The molecule has 0 spiro atoms. The van der Waals surface area contributed by atoms with Gasteiger partial charge in [-0.2, -0.15) is 0 Å². The van der Waals surface area contributed by atoms with Crippen LogP contribution in [0.15, 0.2) is 53.9 Å². The molecular formula is C19H15FN2O2S. The van der Waals surface area contributed by atoms with Crippen molar-refractivity contribution in [2.24, 2.45) is 5.92 Å². The molecule has 2 amide bonds. The van der Waals surface area contributed by atoms with Crippen molar-refractivity contribution in [1.82, 2.24) is 5.32 Å². The van der Waals surface area contributed by atoms with Gasteiger partial charge in [-0.3, -0.25) is 9.59 Å². The first-order valence-electron chi connectivity index (χ1n) is 7.94. The molecule has 1 fully saturated rings. The molecule has 2 N–H and O–H groups in total. The van der Waals surface area contributed by atoms with Crippen LogP contribution in [-0.4, -0.2) is 18.4 Å². The highest BCUT2D eigenvalue weighted by Gasteiger charge is 2.42. The monoisotopic (exact) mass is 354 g/mol. The van der Waals surface area contributed by atoms with Gasteiger partial charge >= 0.3 is 0 Å². The van der Waals surface area contributed by atoms with E-state index in [0.717, 1.165) is 15.6 Å². The number of hydrogen-bond acceptors (Lipinski definition) is 3. The highest BCUT2D eigenvalue weighted by molar-refractivity contribution is 7.17. The predicted molar refractivity (Wildman–Crippen MR) is 96.1 cm³/mol. The lowest BCUT2D eigenvalue weighted by atomic mass is 9.87. The van der Waals surface area contributed by atoms with Crippen LogP contribution in [0.4, 0.5) is 10.1 Å². The molecule has 25 heavy (non-hydrogen) atoms. The van der Waals surface area contributed by atoms with E-state index in [2.05, 4.69) is 10.6 Å². The van der Waals surface area contributed by atoms with Crippen molar-refractivity contribution in [2.45, 2.75) is 5.92 Å². The van der Waals surface area contributed by atoms with Gasteiger partial charge in [0.15, 0.2) is 0 Å². The second kappa shape index (κ2) is 6.29. The maximum absolute atomic E-state index is 13.8. The average molecular weight is 354 g/mol. The number of amides is 2. The summed E-state index contributed by atoms with van der Waals surface area (Å²) in [5.74, 6) is -2.48. The number of halogens is 1. The molecular weight excluding hydrogens is 339 g/mol. The van der Waals surface area contributed by atoms with Crippen molar-refractivity contribution in [3.8, 4) is 0 Å². The molecule has 3 aromatic rings. The van der Waals surface area contributed by atoms with Crippen LogP contribution in [0.1, 0.15) is 11.5 Å². The van der Waals surface area contributed by atoms with E-state index in [1.54, 1.807) is 23.5 Å². The molecule has 6 heteroatoms. The lowest BCUT2D eigenvalue weighted by Gasteiger charge is -2.16. The number of para-hydroxylation sites is 1. The van der Waals surface area contributed by atoms with Gasteiger partial charge in [0.05, 0.1) is 5.69 Å². The molecule has 2 atom stereocenters. The zero-order valence-corrected chi connectivity index (χ0v) is 14.0. The maximum atomic E-state index is 13.8. The molecule has 2 aromatic carbocycles. The van der Waals surface area contributed by atoms with Crippen molar-refractivity contribution < 1.29 is 14.0 Å². The minimum absolute atomic E-state index is 0.0844. The summed E-state index contributed by atoms with van der Waals surface area (Å²) in [7, 11) is 0. The highest BCUT2D eigenvalue weighted by Crippen LogP contribution is 2.37. The number of hydrogen-bond donors (Lipinski definition) is 2. The van der Waals surface area contributed by atoms with Gasteiger partial charge in [-0.15, -0.1) is 11.3 Å². The zero-order chi connectivity index (χ0) is 17.4. The minimum Gasteiger partial charge on any atom is -0.355 e. The Balaban J connectivity index is 1.66. The fourth-order valence-electron chi connectivity index (χ4n) is 3.27. The Bertz CT molecular complexity index is 969. The van der Waals surface area contributed by atoms with Crippen LogP contribution in [0.5, 0.6) is 0 Å². The largest absolute Gasteiger partial charge is 0.355 e. The molecule has 0 saturated carbocycles. The Kier molecular flexibility index (Phi) is 3.97. The minimum atomic E-state index is -0.877. The van der Waals surface area contributed by atoms with Gasteiger partial charge in [0, 0.05) is 17.2 Å². The van der Waals surface area contributed by atoms with E-state index in [4.69, 9.17) is 0 Å². The molecule has 4 nitrogen and oxygen atoms in total. The molecule has 0 radical (unpaired) electrons. The average Bonchev–Trinajstić information content (AvgIpc) is 3.20. The van der Waals surface area contributed by atoms with E-state index in [-0.39, 0.29) is 17.5 Å². The zero-order valence-electron chi connectivity index (χ0n) is 13.2. The Labute approximate surface area is 147 Å². The van der Waals surface area contributed by atoms with E-state index in [1.807, 2.05) is 29.6 Å². The second-order valence-electron chi connectivity index (χ2n) is 5.99. The first kappa shape index (κ1) is 15.8. The van der Waals surface area contributed by atoms with Crippen LogP contribution in [0.2, 0.25) is 0 Å². The fraction of sp³-hybridized carbons (Fsp3) is 0.158. The fourth-order valence-corrected chi connectivity index (χ4v) is 4.30. The summed E-state index contributed by atoms with van der Waals surface area (Å²) < 4.78 is 14.9. The molecule has 0 bridgehead atoms. The number of carbonyl (C=O) groups excluding carboxylic acids is 2. The van der Waals surface area contributed by atoms with Gasteiger partial charge in [0.1, 0.15) is 11.7 Å². The molecule has 1 aliphatic rings. The highest BCUT2D eigenvalue weighted by atomic mass is 32.1. The second-order valence-corrected chi connectivity index (χ2v) is 6.90. The van der Waals surface area contributed by atoms with Crippen molar-refractivity contribution in [3.63, 3.8) is 0 Å². The predicted octanol–water partition coefficient (Wildman–Crippen LogP) is 3.51. The van der Waals surface area contributed by atoms with E-state index in [1.165, 1.54) is 12.1 Å². The molecule has 4 rings (SSSR count). The van der Waals surface area contributed by atoms with Gasteiger partial charge in [0.2, 0.25) is 11.8 Å². The first-order chi connectivity index (χ1) is 12.1. The van der Waals surface area contributed by atoms with E-state index in [9.17, 15) is 14.0 Å². The smallest absolute Gasteiger partial charge is 0.237 e. The molecule has 0 unspecified atom stereocenters.